The van der Waals surface area contributed by atoms with Crippen LogP contribution in [0.5, 0.6) is 0 Å². The zero-order chi connectivity index (χ0) is 18.3. The lowest BCUT2D eigenvalue weighted by Crippen LogP contribution is -2.32. The summed E-state index contributed by atoms with van der Waals surface area (Å²) < 4.78 is 4.50. The Balaban J connectivity index is 1.58. The smallest absolute Gasteiger partial charge is 0.217 e. The van der Waals surface area contributed by atoms with Crippen LogP contribution >= 0.6 is 12.2 Å². The van der Waals surface area contributed by atoms with Gasteiger partial charge in [-0.15, -0.1) is 0 Å². The number of carbonyl (C=O) groups excluding carboxylic acids is 1. The first-order chi connectivity index (χ1) is 12.5. The first-order valence-electron chi connectivity index (χ1n) is 9.29. The zero-order valence-corrected chi connectivity index (χ0v) is 15.9. The Hall–Kier alpha value is -1.99. The third-order valence-corrected chi connectivity index (χ3v) is 6.03. The van der Waals surface area contributed by atoms with Crippen molar-refractivity contribution in [1.82, 2.24) is 19.2 Å². The van der Waals surface area contributed by atoms with Crippen LogP contribution in [-0.2, 0) is 31.4 Å². The monoisotopic (exact) mass is 371 g/mol. The van der Waals surface area contributed by atoms with Gasteiger partial charge in [-0.1, -0.05) is 24.3 Å². The Bertz CT molecular complexity index is 882. The number of nitrogens with zero attached hydrogens (tertiary/aromatic N) is 4. The van der Waals surface area contributed by atoms with Crippen LogP contribution in [0.3, 0.4) is 0 Å². The van der Waals surface area contributed by atoms with Crippen LogP contribution in [-0.4, -0.2) is 31.2 Å². The van der Waals surface area contributed by atoms with Crippen LogP contribution in [0, 0.1) is 4.77 Å². The third kappa shape index (κ3) is 3.33. The molecule has 2 N–H and O–H groups in total. The fourth-order valence-electron chi connectivity index (χ4n) is 3.99. The molecule has 1 amide bonds. The minimum absolute atomic E-state index is 0.294. The molecule has 0 bridgehead atoms. The second-order valence-corrected chi connectivity index (χ2v) is 7.73. The Labute approximate surface area is 158 Å². The number of carbonyl (C=O) groups is 1. The second kappa shape index (κ2) is 6.96. The van der Waals surface area contributed by atoms with Gasteiger partial charge in [-0.05, 0) is 49.0 Å². The molecule has 2 aliphatic rings. The zero-order valence-electron chi connectivity index (χ0n) is 15.1. The molecule has 0 radical (unpaired) electrons. The Morgan fingerprint density at radius 1 is 1.35 bits per heavy atom. The molecule has 1 heterocycles. The van der Waals surface area contributed by atoms with Crippen LogP contribution in [0.1, 0.15) is 48.7 Å². The number of hydrogen-bond donors (Lipinski definition) is 1. The maximum Gasteiger partial charge on any atom is 0.217 e. The highest BCUT2D eigenvalue weighted by molar-refractivity contribution is 7.71. The van der Waals surface area contributed by atoms with Crippen molar-refractivity contribution in [2.45, 2.75) is 57.3 Å². The van der Waals surface area contributed by atoms with Crippen LogP contribution in [0.2, 0.25) is 0 Å². The number of amides is 1. The molecule has 0 saturated heterocycles. The fraction of sp³-hybridized carbons (Fsp3) is 0.526. The van der Waals surface area contributed by atoms with Crippen molar-refractivity contribution in [3.05, 3.63) is 46.0 Å². The van der Waals surface area contributed by atoms with Crippen molar-refractivity contribution in [1.29, 1.82) is 0 Å². The molecule has 138 valence electrons. The van der Waals surface area contributed by atoms with Crippen LogP contribution < -0.4 is 5.73 Å². The highest BCUT2D eigenvalue weighted by Crippen LogP contribution is 2.41. The minimum Gasteiger partial charge on any atom is -0.370 e. The molecule has 1 saturated carbocycles. The molecule has 6 nitrogen and oxygen atoms in total. The number of rotatable bonds is 7. The summed E-state index contributed by atoms with van der Waals surface area (Å²) in [5.74, 6) is 0.504. The summed E-state index contributed by atoms with van der Waals surface area (Å²) in [6.07, 6.45) is 5.60. The Kier molecular flexibility index (Phi) is 4.67. The molecule has 0 spiro atoms. The molecule has 1 aromatic carbocycles. The van der Waals surface area contributed by atoms with E-state index in [-0.39, 0.29) is 5.91 Å². The summed E-state index contributed by atoms with van der Waals surface area (Å²) in [4.78, 5) is 13.6. The number of aryl methyl sites for hydroxylation is 2. The molecule has 0 aliphatic heterocycles. The van der Waals surface area contributed by atoms with Gasteiger partial charge in [-0.3, -0.25) is 9.69 Å². The largest absolute Gasteiger partial charge is 0.370 e. The van der Waals surface area contributed by atoms with E-state index in [4.69, 9.17) is 18.0 Å². The number of benzene rings is 1. The highest BCUT2D eigenvalue weighted by Gasteiger charge is 2.37. The maximum atomic E-state index is 11.1. The average molecular weight is 372 g/mol. The van der Waals surface area contributed by atoms with Crippen LogP contribution in [0.25, 0.3) is 0 Å². The molecule has 1 atom stereocenters. The normalized spacial score (nSPS) is 19.1. The van der Waals surface area contributed by atoms with Gasteiger partial charge < -0.3 is 10.3 Å². The van der Waals surface area contributed by atoms with Gasteiger partial charge in [0.05, 0.1) is 6.67 Å². The summed E-state index contributed by atoms with van der Waals surface area (Å²) in [6, 6.07) is 9.83. The summed E-state index contributed by atoms with van der Waals surface area (Å²) in [6.45, 7) is 0.701. The molecule has 4 rings (SSSR count). The van der Waals surface area contributed by atoms with Gasteiger partial charge in [0.15, 0.2) is 4.77 Å². The molecule has 1 aromatic heterocycles. The first kappa shape index (κ1) is 17.4. The van der Waals surface area contributed by atoms with Gasteiger partial charge in [-0.25, -0.2) is 4.68 Å². The summed E-state index contributed by atoms with van der Waals surface area (Å²) in [5.41, 5.74) is 8.20. The molecule has 7 heteroatoms. The quantitative estimate of drug-likeness (QED) is 0.759. The molecule has 2 aliphatic carbocycles. The lowest BCUT2D eigenvalue weighted by molar-refractivity contribution is -0.118. The van der Waals surface area contributed by atoms with Crippen LogP contribution in [0.4, 0.5) is 0 Å². The van der Waals surface area contributed by atoms with E-state index in [0.29, 0.717) is 36.4 Å². The lowest BCUT2D eigenvalue weighted by Gasteiger charge is -2.29. The van der Waals surface area contributed by atoms with E-state index in [1.807, 2.05) is 16.3 Å². The van der Waals surface area contributed by atoms with Gasteiger partial charge in [0.25, 0.3) is 0 Å². The Morgan fingerprint density at radius 3 is 2.85 bits per heavy atom. The standard InChI is InChI=1S/C19H25N5OS/c1-22-18(11-10-17(20)25)21-24(19(22)26)12-23(14-7-8-14)16-9-6-13-4-2-3-5-15(13)16/h2-5,14,16H,6-12H2,1H3,(H2,20,25). The van der Waals surface area contributed by atoms with Crippen molar-refractivity contribution in [2.24, 2.45) is 12.8 Å². The van der Waals surface area contributed by atoms with E-state index in [0.717, 1.165) is 18.7 Å². The van der Waals surface area contributed by atoms with E-state index >= 15 is 0 Å². The second-order valence-electron chi connectivity index (χ2n) is 7.36. The third-order valence-electron chi connectivity index (χ3n) is 5.54. The van der Waals surface area contributed by atoms with E-state index in [1.54, 1.807) is 0 Å². The summed E-state index contributed by atoms with van der Waals surface area (Å²) >= 11 is 5.59. The van der Waals surface area contributed by atoms with E-state index in [9.17, 15) is 4.79 Å². The minimum atomic E-state index is -0.312. The molecular formula is C19H25N5OS. The van der Waals surface area contributed by atoms with Gasteiger partial charge in [0.1, 0.15) is 5.82 Å². The SMILES string of the molecule is Cn1c(CCC(N)=O)nn(CN(C2CC2)C2CCc3ccccc32)c1=S. The Morgan fingerprint density at radius 2 is 2.12 bits per heavy atom. The van der Waals surface area contributed by atoms with Crippen molar-refractivity contribution < 1.29 is 4.79 Å². The first-order valence-corrected chi connectivity index (χ1v) is 9.70. The van der Waals surface area contributed by atoms with Crippen molar-refractivity contribution in [3.8, 4) is 0 Å². The molecule has 26 heavy (non-hydrogen) atoms. The highest BCUT2D eigenvalue weighted by atomic mass is 32.1. The fourth-order valence-corrected chi connectivity index (χ4v) is 4.19. The van der Waals surface area contributed by atoms with E-state index < -0.39 is 0 Å². The van der Waals surface area contributed by atoms with Gasteiger partial charge in [0.2, 0.25) is 5.91 Å². The van der Waals surface area contributed by atoms with Crippen molar-refractivity contribution >= 4 is 18.1 Å². The summed E-state index contributed by atoms with van der Waals surface area (Å²) in [5, 5.41) is 4.68. The van der Waals surface area contributed by atoms with E-state index in [2.05, 4.69) is 34.3 Å². The van der Waals surface area contributed by atoms with Gasteiger partial charge >= 0.3 is 0 Å². The predicted molar refractivity (Wildman–Crippen MR) is 102 cm³/mol. The lowest BCUT2D eigenvalue weighted by atomic mass is 10.1. The number of aromatic nitrogens is 3. The number of hydrogen-bond acceptors (Lipinski definition) is 4. The van der Waals surface area contributed by atoms with Gasteiger partial charge in [0, 0.05) is 32.0 Å². The molecule has 1 unspecified atom stereocenters. The topological polar surface area (TPSA) is 69.1 Å². The predicted octanol–water partition coefficient (Wildman–Crippen LogP) is 2.48. The molecular weight excluding hydrogens is 346 g/mol. The number of fused-ring (bicyclic) bond motifs is 1. The molecule has 2 aromatic rings. The number of nitrogens with two attached hydrogens (primary N) is 1. The molecule has 1 fully saturated rings. The van der Waals surface area contributed by atoms with Gasteiger partial charge in [-0.2, -0.15) is 5.10 Å². The summed E-state index contributed by atoms with van der Waals surface area (Å²) in [7, 11) is 1.91. The number of primary amides is 1. The maximum absolute atomic E-state index is 11.1. The average Bonchev–Trinajstić information content (AvgIpc) is 3.33. The van der Waals surface area contributed by atoms with E-state index in [1.165, 1.54) is 24.0 Å². The van der Waals surface area contributed by atoms with Crippen molar-refractivity contribution in [3.63, 3.8) is 0 Å². The van der Waals surface area contributed by atoms with Crippen LogP contribution in [0.15, 0.2) is 24.3 Å². The van der Waals surface area contributed by atoms with Crippen molar-refractivity contribution in [2.75, 3.05) is 0 Å².